The lowest BCUT2D eigenvalue weighted by atomic mass is 9.92. The normalized spacial score (nSPS) is 13.9. The van der Waals surface area contributed by atoms with Gasteiger partial charge >= 0.3 is 0 Å². The van der Waals surface area contributed by atoms with Crippen LogP contribution in [0.25, 0.3) is 5.41 Å². The molecule has 0 heterocycles. The average Bonchev–Trinajstić information content (AvgIpc) is 2.04. The molecule has 0 saturated carbocycles. The maximum atomic E-state index is 9.55. The number of allylic oxidation sites excluding steroid dienone is 2. The molecule has 1 aliphatic rings. The molecule has 0 aromatic heterocycles. The van der Waals surface area contributed by atoms with Crippen molar-refractivity contribution in [3.8, 4) is 0 Å². The molecule has 0 radical (unpaired) electrons. The van der Waals surface area contributed by atoms with Gasteiger partial charge in [0, 0.05) is 18.6 Å². The molecule has 12 heavy (non-hydrogen) atoms. The first-order valence-corrected chi connectivity index (χ1v) is 3.96. The highest BCUT2D eigenvalue weighted by Crippen LogP contribution is 2.21. The Morgan fingerprint density at radius 1 is 1.33 bits per heavy atom. The molecule has 0 unspecified atom stereocenters. The fourth-order valence-electron chi connectivity index (χ4n) is 1.51. The third-order valence-corrected chi connectivity index (χ3v) is 2.09. The number of hydrogen-bond acceptors (Lipinski definition) is 0. The molecular weight excluding hydrogens is 146 g/mol. The standard InChI is InChI=1S/C11H9N/c1-8-4-2-5-9-6-3-7-10(12)11(8)9/h2-7H,1H3. The maximum Gasteiger partial charge on any atom is 0.102 e. The molecule has 0 aliphatic heterocycles. The molecule has 0 bridgehead atoms. The zero-order chi connectivity index (χ0) is 8.55. The van der Waals surface area contributed by atoms with E-state index in [-0.39, 0.29) is 0 Å². The Kier molecular flexibility index (Phi) is 1.51. The quantitative estimate of drug-likeness (QED) is 0.513. The molecule has 0 saturated heterocycles. The molecular formula is C11H9N. The van der Waals surface area contributed by atoms with E-state index in [1.165, 1.54) is 0 Å². The van der Waals surface area contributed by atoms with Crippen LogP contribution in [0, 0.1) is 13.3 Å². The van der Waals surface area contributed by atoms with Crippen molar-refractivity contribution >= 4 is 5.71 Å². The second-order valence-electron chi connectivity index (χ2n) is 2.95. The number of rotatable bonds is 0. The molecule has 1 heteroatoms. The van der Waals surface area contributed by atoms with Crippen molar-refractivity contribution in [1.82, 2.24) is 0 Å². The first kappa shape index (κ1) is 7.17. The van der Waals surface area contributed by atoms with E-state index < -0.39 is 0 Å². The molecule has 2 rings (SSSR count). The summed E-state index contributed by atoms with van der Waals surface area (Å²) in [4.78, 5) is 0. The Morgan fingerprint density at radius 2 is 2.17 bits per heavy atom. The third-order valence-electron chi connectivity index (χ3n) is 2.09. The van der Waals surface area contributed by atoms with Crippen LogP contribution in [0.15, 0.2) is 30.4 Å². The topological polar surface area (TPSA) is 22.3 Å². The summed E-state index contributed by atoms with van der Waals surface area (Å²) in [6.45, 7) is 2.00. The number of fused-ring (bicyclic) bond motifs is 1. The molecule has 0 amide bonds. The summed E-state index contributed by atoms with van der Waals surface area (Å²) in [5, 5.41) is 9.55. The van der Waals surface area contributed by atoms with Gasteiger partial charge in [-0.2, -0.15) is 0 Å². The summed E-state index contributed by atoms with van der Waals surface area (Å²) >= 11 is 0. The predicted octanol–water partition coefficient (Wildman–Crippen LogP) is 2.48. The van der Waals surface area contributed by atoms with Crippen LogP contribution in [0.1, 0.15) is 16.7 Å². The molecule has 58 valence electrons. The Hall–Kier alpha value is -1.50. The van der Waals surface area contributed by atoms with Crippen LogP contribution in [-0.2, 0) is 0 Å². The summed E-state index contributed by atoms with van der Waals surface area (Å²) in [5.41, 5.74) is 3.53. The molecule has 0 atom stereocenters. The van der Waals surface area contributed by atoms with E-state index in [1.807, 2.05) is 37.6 Å². The van der Waals surface area contributed by atoms with Gasteiger partial charge in [0.1, 0.15) is 5.56 Å². The van der Waals surface area contributed by atoms with Crippen molar-refractivity contribution in [2.45, 2.75) is 6.92 Å². The van der Waals surface area contributed by atoms with Crippen LogP contribution in [0.3, 0.4) is 0 Å². The third kappa shape index (κ3) is 0.944. The Bertz CT molecular complexity index is 361. The van der Waals surface area contributed by atoms with Gasteiger partial charge < -0.3 is 5.41 Å². The van der Waals surface area contributed by atoms with Gasteiger partial charge in [-0.1, -0.05) is 5.71 Å². The molecule has 0 N–H and O–H groups in total. The van der Waals surface area contributed by atoms with Gasteiger partial charge in [0.15, 0.2) is 0 Å². The van der Waals surface area contributed by atoms with E-state index in [0.717, 1.165) is 16.7 Å². The van der Waals surface area contributed by atoms with E-state index >= 15 is 0 Å². The Labute approximate surface area is 72.2 Å². The van der Waals surface area contributed by atoms with Crippen molar-refractivity contribution in [2.24, 2.45) is 0 Å². The van der Waals surface area contributed by atoms with Crippen molar-refractivity contribution in [2.75, 3.05) is 0 Å². The second-order valence-corrected chi connectivity index (χ2v) is 2.95. The van der Waals surface area contributed by atoms with Gasteiger partial charge in [-0.3, -0.25) is 0 Å². The lowest BCUT2D eigenvalue weighted by Gasteiger charge is -2.12. The van der Waals surface area contributed by atoms with Gasteiger partial charge in [-0.05, 0) is 30.7 Å². The SMILES string of the molecule is Cc1cccc2c1C(=[N-])C=C[CH+]2. The van der Waals surface area contributed by atoms with Crippen molar-refractivity contribution in [3.05, 3.63) is 58.9 Å². The first-order chi connectivity index (χ1) is 5.79. The largest absolute Gasteiger partial charge is 0.785 e. The summed E-state index contributed by atoms with van der Waals surface area (Å²) < 4.78 is 0. The second kappa shape index (κ2) is 2.52. The smallest absolute Gasteiger partial charge is 0.102 e. The predicted molar refractivity (Wildman–Crippen MR) is 51.2 cm³/mol. The number of nitrogens with zero attached hydrogens (tertiary/aromatic N) is 1. The van der Waals surface area contributed by atoms with Crippen molar-refractivity contribution in [3.63, 3.8) is 0 Å². The van der Waals surface area contributed by atoms with Crippen LogP contribution in [0.5, 0.6) is 0 Å². The lowest BCUT2D eigenvalue weighted by Crippen LogP contribution is -2.05. The zero-order valence-electron chi connectivity index (χ0n) is 6.91. The highest BCUT2D eigenvalue weighted by Gasteiger charge is 2.14. The number of benzene rings is 1. The monoisotopic (exact) mass is 155 g/mol. The minimum atomic E-state index is 0.366. The summed E-state index contributed by atoms with van der Waals surface area (Å²) in [7, 11) is 0. The summed E-state index contributed by atoms with van der Waals surface area (Å²) in [6, 6.07) is 6.00. The molecule has 0 fully saturated rings. The summed E-state index contributed by atoms with van der Waals surface area (Å²) in [5.74, 6) is 0. The van der Waals surface area contributed by atoms with Gasteiger partial charge in [-0.15, -0.1) is 0 Å². The number of aryl methyl sites for hydroxylation is 1. The van der Waals surface area contributed by atoms with Crippen LogP contribution < -0.4 is 0 Å². The zero-order valence-corrected chi connectivity index (χ0v) is 6.91. The van der Waals surface area contributed by atoms with Crippen molar-refractivity contribution < 1.29 is 0 Å². The average molecular weight is 155 g/mol. The highest BCUT2D eigenvalue weighted by atomic mass is 14.4. The lowest BCUT2D eigenvalue weighted by molar-refractivity contribution is 1.37. The maximum absolute atomic E-state index is 9.55. The fraction of sp³-hybridized carbons (Fsp3) is 0.0909. The van der Waals surface area contributed by atoms with Crippen LogP contribution in [0.4, 0.5) is 0 Å². The molecule has 1 aliphatic carbocycles. The van der Waals surface area contributed by atoms with E-state index in [2.05, 4.69) is 0 Å². The van der Waals surface area contributed by atoms with Crippen LogP contribution >= 0.6 is 0 Å². The van der Waals surface area contributed by atoms with Crippen LogP contribution in [-0.4, -0.2) is 5.71 Å². The molecule has 0 spiro atoms. The van der Waals surface area contributed by atoms with Gasteiger partial charge in [0.05, 0.1) is 5.56 Å². The van der Waals surface area contributed by atoms with E-state index in [0.29, 0.717) is 5.71 Å². The van der Waals surface area contributed by atoms with Gasteiger partial charge in [0.2, 0.25) is 0 Å². The van der Waals surface area contributed by atoms with Crippen LogP contribution in [0.2, 0.25) is 0 Å². The van der Waals surface area contributed by atoms with Gasteiger partial charge in [-0.25, -0.2) is 0 Å². The minimum absolute atomic E-state index is 0.366. The van der Waals surface area contributed by atoms with Crippen molar-refractivity contribution in [1.29, 1.82) is 0 Å². The molecule has 1 aromatic rings. The fourth-order valence-corrected chi connectivity index (χ4v) is 1.51. The Morgan fingerprint density at radius 3 is 2.92 bits per heavy atom. The molecule has 1 nitrogen and oxygen atoms in total. The Balaban J connectivity index is 2.66. The highest BCUT2D eigenvalue weighted by molar-refractivity contribution is 6.14. The number of hydrogen-bond donors (Lipinski definition) is 0. The summed E-state index contributed by atoms with van der Waals surface area (Å²) in [6.07, 6.45) is 5.58. The van der Waals surface area contributed by atoms with Gasteiger partial charge in [0.25, 0.3) is 0 Å². The molecule has 1 aromatic carbocycles. The first-order valence-electron chi connectivity index (χ1n) is 3.96. The minimum Gasteiger partial charge on any atom is -0.785 e. The van der Waals surface area contributed by atoms with E-state index in [9.17, 15) is 5.41 Å². The van der Waals surface area contributed by atoms with E-state index in [4.69, 9.17) is 0 Å². The van der Waals surface area contributed by atoms with E-state index in [1.54, 1.807) is 6.08 Å².